The van der Waals surface area contributed by atoms with Crippen molar-refractivity contribution in [2.75, 3.05) is 26.7 Å². The summed E-state index contributed by atoms with van der Waals surface area (Å²) in [5.41, 5.74) is 2.70. The van der Waals surface area contributed by atoms with Gasteiger partial charge in [0.2, 0.25) is 0 Å². The molecule has 1 unspecified atom stereocenters. The van der Waals surface area contributed by atoms with Crippen LogP contribution >= 0.6 is 0 Å². The second kappa shape index (κ2) is 7.55. The minimum absolute atomic E-state index is 0.284. The molecule has 0 spiro atoms. The first-order valence-electron chi connectivity index (χ1n) is 6.88. The Bertz CT molecular complexity index is 331. The summed E-state index contributed by atoms with van der Waals surface area (Å²) < 4.78 is 0. The third kappa shape index (κ3) is 5.19. The van der Waals surface area contributed by atoms with Gasteiger partial charge in [0.15, 0.2) is 0 Å². The van der Waals surface area contributed by atoms with E-state index in [0.717, 1.165) is 19.5 Å². The third-order valence-electron chi connectivity index (χ3n) is 3.63. The van der Waals surface area contributed by atoms with Gasteiger partial charge in [-0.1, -0.05) is 43.7 Å². The molecule has 1 rings (SSSR count). The molecule has 0 saturated heterocycles. The average Bonchev–Trinajstić information content (AvgIpc) is 2.35. The van der Waals surface area contributed by atoms with Crippen LogP contribution in [0.5, 0.6) is 0 Å². The lowest BCUT2D eigenvalue weighted by Crippen LogP contribution is -2.32. The van der Waals surface area contributed by atoms with Crippen LogP contribution in [0.15, 0.2) is 24.3 Å². The number of aryl methyl sites for hydroxylation is 1. The molecule has 2 heteroatoms. The summed E-state index contributed by atoms with van der Waals surface area (Å²) in [6.07, 6.45) is 1.08. The van der Waals surface area contributed by atoms with E-state index < -0.39 is 0 Å². The van der Waals surface area contributed by atoms with Gasteiger partial charge in [-0.15, -0.1) is 0 Å². The van der Waals surface area contributed by atoms with Crippen molar-refractivity contribution in [3.63, 3.8) is 0 Å². The molecular formula is C16H27NO. The van der Waals surface area contributed by atoms with Gasteiger partial charge in [0.25, 0.3) is 0 Å². The van der Waals surface area contributed by atoms with Crippen molar-refractivity contribution in [3.8, 4) is 0 Å². The average molecular weight is 249 g/mol. The number of aliphatic hydroxyl groups excluding tert-OH is 1. The van der Waals surface area contributed by atoms with Crippen LogP contribution in [0.3, 0.4) is 0 Å². The molecule has 18 heavy (non-hydrogen) atoms. The molecule has 0 heterocycles. The van der Waals surface area contributed by atoms with E-state index in [0.29, 0.717) is 11.8 Å². The Hall–Kier alpha value is -0.860. The molecule has 102 valence electrons. The van der Waals surface area contributed by atoms with E-state index in [9.17, 15) is 5.11 Å². The Morgan fingerprint density at radius 3 is 2.28 bits per heavy atom. The Balaban J connectivity index is 2.36. The predicted octanol–water partition coefficient (Wildman–Crippen LogP) is 2.73. The highest BCUT2D eigenvalue weighted by Gasteiger charge is 2.14. The van der Waals surface area contributed by atoms with Crippen molar-refractivity contribution >= 4 is 0 Å². The zero-order valence-electron chi connectivity index (χ0n) is 12.2. The Morgan fingerprint density at radius 2 is 1.78 bits per heavy atom. The lowest BCUT2D eigenvalue weighted by atomic mass is 9.96. The highest BCUT2D eigenvalue weighted by molar-refractivity contribution is 5.21. The number of rotatable bonds is 7. The first-order valence-corrected chi connectivity index (χ1v) is 6.88. The summed E-state index contributed by atoms with van der Waals surface area (Å²) in [7, 11) is 2.14. The summed E-state index contributed by atoms with van der Waals surface area (Å²) in [6, 6.07) is 8.74. The fraction of sp³-hybridized carbons (Fsp3) is 0.625. The molecule has 0 fully saturated rings. The van der Waals surface area contributed by atoms with Crippen molar-refractivity contribution in [1.82, 2.24) is 4.90 Å². The number of likely N-dealkylation sites (N-methyl/N-ethyl adjacent to an activating group) is 1. The molecule has 0 bridgehead atoms. The van der Waals surface area contributed by atoms with Crippen molar-refractivity contribution < 1.29 is 5.11 Å². The molecule has 0 aliphatic carbocycles. The van der Waals surface area contributed by atoms with E-state index in [4.69, 9.17) is 0 Å². The summed E-state index contributed by atoms with van der Waals surface area (Å²) >= 11 is 0. The molecule has 0 aliphatic rings. The third-order valence-corrected chi connectivity index (χ3v) is 3.63. The van der Waals surface area contributed by atoms with Gasteiger partial charge in [-0.3, -0.25) is 0 Å². The Morgan fingerprint density at radius 1 is 1.17 bits per heavy atom. The maximum atomic E-state index is 9.33. The lowest BCUT2D eigenvalue weighted by molar-refractivity contribution is 0.147. The molecule has 0 radical (unpaired) electrons. The van der Waals surface area contributed by atoms with Crippen molar-refractivity contribution in [1.29, 1.82) is 0 Å². The lowest BCUT2D eigenvalue weighted by Gasteiger charge is -2.25. The zero-order valence-corrected chi connectivity index (χ0v) is 12.2. The van der Waals surface area contributed by atoms with Gasteiger partial charge in [0, 0.05) is 19.7 Å². The number of aliphatic hydroxyl groups is 1. The van der Waals surface area contributed by atoms with E-state index in [-0.39, 0.29) is 6.61 Å². The van der Waals surface area contributed by atoms with Crippen LogP contribution in [0, 0.1) is 18.8 Å². The summed E-state index contributed by atoms with van der Waals surface area (Å²) in [5.74, 6) is 0.921. The predicted molar refractivity (Wildman–Crippen MR) is 77.8 cm³/mol. The molecule has 0 aromatic heterocycles. The fourth-order valence-corrected chi connectivity index (χ4v) is 2.05. The molecule has 0 amide bonds. The van der Waals surface area contributed by atoms with Crippen LogP contribution in [0.2, 0.25) is 0 Å². The number of nitrogens with zero attached hydrogens (tertiary/aromatic N) is 1. The first-order chi connectivity index (χ1) is 8.52. The molecule has 1 N–H and O–H groups in total. The van der Waals surface area contributed by atoms with Crippen LogP contribution in [0.25, 0.3) is 0 Å². The first kappa shape index (κ1) is 15.2. The molecular weight excluding hydrogens is 222 g/mol. The normalized spacial score (nSPS) is 13.3. The highest BCUT2D eigenvalue weighted by atomic mass is 16.3. The summed E-state index contributed by atoms with van der Waals surface area (Å²) in [6.45, 7) is 8.77. The zero-order chi connectivity index (χ0) is 13.5. The quantitative estimate of drug-likeness (QED) is 0.803. The standard InChI is InChI=1S/C16H27NO/c1-13(2)16(12-18)11-17(4)10-9-15-7-5-14(3)6-8-15/h5-8,13,16,18H,9-12H2,1-4H3. The van der Waals surface area contributed by atoms with Crippen LogP contribution < -0.4 is 0 Å². The molecule has 2 nitrogen and oxygen atoms in total. The maximum absolute atomic E-state index is 9.33. The topological polar surface area (TPSA) is 23.5 Å². The van der Waals surface area contributed by atoms with Crippen molar-refractivity contribution in [3.05, 3.63) is 35.4 Å². The second-order valence-electron chi connectivity index (χ2n) is 5.68. The van der Waals surface area contributed by atoms with Crippen LogP contribution in [0.4, 0.5) is 0 Å². The summed E-state index contributed by atoms with van der Waals surface area (Å²) in [4.78, 5) is 2.32. The minimum Gasteiger partial charge on any atom is -0.396 e. The van der Waals surface area contributed by atoms with Gasteiger partial charge in [0.05, 0.1) is 0 Å². The van der Waals surface area contributed by atoms with Gasteiger partial charge in [0.1, 0.15) is 0 Å². The van der Waals surface area contributed by atoms with Crippen molar-refractivity contribution in [2.24, 2.45) is 11.8 Å². The Labute approximate surface area is 112 Å². The molecule has 1 aromatic carbocycles. The molecule has 0 saturated carbocycles. The number of hydrogen-bond donors (Lipinski definition) is 1. The Kier molecular flexibility index (Phi) is 6.37. The van der Waals surface area contributed by atoms with Gasteiger partial charge in [-0.2, -0.15) is 0 Å². The van der Waals surface area contributed by atoms with E-state index in [1.807, 2.05) is 0 Å². The number of hydrogen-bond acceptors (Lipinski definition) is 2. The van der Waals surface area contributed by atoms with Crippen LogP contribution in [-0.2, 0) is 6.42 Å². The number of benzene rings is 1. The van der Waals surface area contributed by atoms with E-state index in [1.165, 1.54) is 11.1 Å². The van der Waals surface area contributed by atoms with E-state index in [1.54, 1.807) is 0 Å². The van der Waals surface area contributed by atoms with E-state index in [2.05, 4.69) is 57.0 Å². The fourth-order valence-electron chi connectivity index (χ4n) is 2.05. The monoisotopic (exact) mass is 249 g/mol. The van der Waals surface area contributed by atoms with Gasteiger partial charge in [-0.25, -0.2) is 0 Å². The summed E-state index contributed by atoms with van der Waals surface area (Å²) in [5, 5.41) is 9.33. The molecule has 1 atom stereocenters. The molecule has 1 aromatic rings. The maximum Gasteiger partial charge on any atom is 0.0473 e. The van der Waals surface area contributed by atoms with Gasteiger partial charge < -0.3 is 10.0 Å². The van der Waals surface area contributed by atoms with Crippen LogP contribution in [-0.4, -0.2) is 36.8 Å². The highest BCUT2D eigenvalue weighted by Crippen LogP contribution is 2.12. The smallest absolute Gasteiger partial charge is 0.0473 e. The SMILES string of the molecule is Cc1ccc(CCN(C)CC(CO)C(C)C)cc1. The second-order valence-corrected chi connectivity index (χ2v) is 5.68. The van der Waals surface area contributed by atoms with Gasteiger partial charge in [-0.05, 0) is 37.8 Å². The van der Waals surface area contributed by atoms with E-state index >= 15 is 0 Å². The molecule has 0 aliphatic heterocycles. The van der Waals surface area contributed by atoms with Crippen LogP contribution in [0.1, 0.15) is 25.0 Å². The minimum atomic E-state index is 0.284. The van der Waals surface area contributed by atoms with Gasteiger partial charge >= 0.3 is 0 Å². The van der Waals surface area contributed by atoms with Crippen molar-refractivity contribution in [2.45, 2.75) is 27.2 Å². The largest absolute Gasteiger partial charge is 0.396 e.